The average Bonchev–Trinajstić information content (AvgIpc) is 2.65. The zero-order valence-electron chi connectivity index (χ0n) is 9.47. The van der Waals surface area contributed by atoms with E-state index in [1.165, 1.54) is 44.9 Å². The minimum Gasteiger partial charge on any atom is -0.395 e. The molecule has 1 saturated heterocycles. The third kappa shape index (κ3) is 4.43. The van der Waals surface area contributed by atoms with Crippen LogP contribution in [-0.2, 0) is 0 Å². The summed E-state index contributed by atoms with van der Waals surface area (Å²) in [4.78, 5) is 0. The Balaban J connectivity index is 1.92. The second kappa shape index (κ2) is 7.24. The van der Waals surface area contributed by atoms with Crippen LogP contribution in [0.4, 0.5) is 0 Å². The summed E-state index contributed by atoms with van der Waals surface area (Å²) in [6.45, 7) is 2.57. The predicted octanol–water partition coefficient (Wildman–Crippen LogP) is 2.46. The molecule has 0 aromatic rings. The van der Waals surface area contributed by atoms with Gasteiger partial charge in [0.15, 0.2) is 0 Å². The van der Waals surface area contributed by atoms with Crippen LogP contribution in [0.3, 0.4) is 0 Å². The molecular weight excluding hydrogens is 174 g/mol. The van der Waals surface area contributed by atoms with Crippen LogP contribution >= 0.6 is 0 Å². The van der Waals surface area contributed by atoms with Crippen LogP contribution in [0, 0.1) is 0 Å². The smallest absolute Gasteiger partial charge is 0.0584 e. The van der Waals surface area contributed by atoms with Gasteiger partial charge >= 0.3 is 0 Å². The summed E-state index contributed by atoms with van der Waals surface area (Å²) < 4.78 is 0. The highest BCUT2D eigenvalue weighted by atomic mass is 16.3. The maximum absolute atomic E-state index is 8.96. The second-order valence-electron chi connectivity index (χ2n) is 4.52. The molecule has 0 aliphatic carbocycles. The summed E-state index contributed by atoms with van der Waals surface area (Å²) in [6.07, 6.45) is 10.6. The first-order valence-corrected chi connectivity index (χ1v) is 6.23. The van der Waals surface area contributed by atoms with Gasteiger partial charge in [-0.2, -0.15) is 0 Å². The molecule has 0 saturated carbocycles. The van der Waals surface area contributed by atoms with Gasteiger partial charge in [-0.15, -0.1) is 0 Å². The van der Waals surface area contributed by atoms with Gasteiger partial charge in [-0.05, 0) is 19.3 Å². The quantitative estimate of drug-likeness (QED) is 0.617. The number of rotatable bonds is 7. The van der Waals surface area contributed by atoms with Crippen molar-refractivity contribution >= 4 is 0 Å². The van der Waals surface area contributed by atoms with Crippen molar-refractivity contribution < 1.29 is 5.11 Å². The fourth-order valence-corrected chi connectivity index (χ4v) is 2.27. The highest BCUT2D eigenvalue weighted by Crippen LogP contribution is 2.17. The van der Waals surface area contributed by atoms with E-state index in [4.69, 9.17) is 5.11 Å². The molecule has 2 heteroatoms. The van der Waals surface area contributed by atoms with Gasteiger partial charge in [-0.25, -0.2) is 0 Å². The third-order valence-corrected chi connectivity index (χ3v) is 3.21. The molecule has 1 aliphatic rings. The first-order valence-electron chi connectivity index (χ1n) is 6.23. The number of hydrogen-bond donors (Lipinski definition) is 2. The maximum atomic E-state index is 8.96. The Kier molecular flexibility index (Phi) is 6.20. The molecule has 2 atom stereocenters. The van der Waals surface area contributed by atoms with Crippen LogP contribution in [0.25, 0.3) is 0 Å². The van der Waals surface area contributed by atoms with Crippen molar-refractivity contribution in [1.29, 1.82) is 0 Å². The van der Waals surface area contributed by atoms with Crippen LogP contribution < -0.4 is 5.32 Å². The van der Waals surface area contributed by atoms with E-state index in [2.05, 4.69) is 12.2 Å². The first-order chi connectivity index (χ1) is 6.86. The van der Waals surface area contributed by atoms with E-state index in [-0.39, 0.29) is 0 Å². The molecule has 0 aromatic carbocycles. The highest BCUT2D eigenvalue weighted by Gasteiger charge is 2.21. The Morgan fingerprint density at radius 1 is 1.07 bits per heavy atom. The van der Waals surface area contributed by atoms with E-state index >= 15 is 0 Å². The van der Waals surface area contributed by atoms with Gasteiger partial charge in [0.25, 0.3) is 0 Å². The minimum atomic E-state index is 0.312. The van der Waals surface area contributed by atoms with E-state index in [9.17, 15) is 0 Å². The molecule has 1 heterocycles. The Morgan fingerprint density at radius 3 is 2.43 bits per heavy atom. The molecule has 0 amide bonds. The molecule has 1 rings (SSSR count). The zero-order valence-corrected chi connectivity index (χ0v) is 9.47. The van der Waals surface area contributed by atoms with Crippen molar-refractivity contribution in [2.24, 2.45) is 0 Å². The Bertz CT molecular complexity index is 138. The van der Waals surface area contributed by atoms with E-state index in [1.807, 2.05) is 0 Å². The summed E-state index contributed by atoms with van der Waals surface area (Å²) in [6, 6.07) is 1.07. The van der Waals surface area contributed by atoms with Gasteiger partial charge in [-0.3, -0.25) is 0 Å². The van der Waals surface area contributed by atoms with Crippen LogP contribution in [0.1, 0.15) is 58.3 Å². The molecular formula is C12H25NO. The summed E-state index contributed by atoms with van der Waals surface area (Å²) in [5, 5.41) is 12.4. The van der Waals surface area contributed by atoms with Crippen molar-refractivity contribution in [3.8, 4) is 0 Å². The molecule has 1 aliphatic heterocycles. The maximum Gasteiger partial charge on any atom is 0.0584 e. The largest absolute Gasteiger partial charge is 0.395 e. The SMILES string of the molecule is CCCCCCC[C@@H]1CC[C@@H](CO)N1. The van der Waals surface area contributed by atoms with Crippen LogP contribution in [-0.4, -0.2) is 23.8 Å². The molecule has 2 nitrogen and oxygen atoms in total. The molecule has 84 valence electrons. The van der Waals surface area contributed by atoms with Crippen LogP contribution in [0.15, 0.2) is 0 Å². The Labute approximate surface area is 88.1 Å². The first kappa shape index (κ1) is 12.0. The monoisotopic (exact) mass is 199 g/mol. The lowest BCUT2D eigenvalue weighted by Crippen LogP contribution is -2.31. The fraction of sp³-hybridized carbons (Fsp3) is 1.00. The third-order valence-electron chi connectivity index (χ3n) is 3.21. The normalized spacial score (nSPS) is 27.0. The summed E-state index contributed by atoms with van der Waals surface area (Å²) in [5.41, 5.74) is 0. The topological polar surface area (TPSA) is 32.3 Å². The molecule has 2 N–H and O–H groups in total. The van der Waals surface area contributed by atoms with Crippen LogP contribution in [0.5, 0.6) is 0 Å². The standard InChI is InChI=1S/C12H25NO/c1-2-3-4-5-6-7-11-8-9-12(10-14)13-11/h11-14H,2-10H2,1H3/t11-,12+/m1/s1. The minimum absolute atomic E-state index is 0.312. The molecule has 14 heavy (non-hydrogen) atoms. The lowest BCUT2D eigenvalue weighted by atomic mass is 10.1. The summed E-state index contributed by atoms with van der Waals surface area (Å²) >= 11 is 0. The summed E-state index contributed by atoms with van der Waals surface area (Å²) in [7, 11) is 0. The molecule has 0 aromatic heterocycles. The van der Waals surface area contributed by atoms with E-state index in [1.54, 1.807) is 0 Å². The Morgan fingerprint density at radius 2 is 1.79 bits per heavy atom. The van der Waals surface area contributed by atoms with Gasteiger partial charge in [0.2, 0.25) is 0 Å². The van der Waals surface area contributed by atoms with Gasteiger partial charge in [-0.1, -0.05) is 39.0 Å². The fourth-order valence-electron chi connectivity index (χ4n) is 2.27. The van der Waals surface area contributed by atoms with Gasteiger partial charge < -0.3 is 10.4 Å². The lowest BCUT2D eigenvalue weighted by molar-refractivity contribution is 0.250. The number of aliphatic hydroxyl groups excluding tert-OH is 1. The highest BCUT2D eigenvalue weighted by molar-refractivity contribution is 4.82. The molecule has 0 unspecified atom stereocenters. The molecule has 1 fully saturated rings. The van der Waals surface area contributed by atoms with Crippen molar-refractivity contribution in [1.82, 2.24) is 5.32 Å². The Hall–Kier alpha value is -0.0800. The number of aliphatic hydroxyl groups is 1. The predicted molar refractivity (Wildman–Crippen MR) is 60.4 cm³/mol. The summed E-state index contributed by atoms with van der Waals surface area (Å²) in [5.74, 6) is 0. The van der Waals surface area contributed by atoms with Gasteiger partial charge in [0.05, 0.1) is 6.61 Å². The number of unbranched alkanes of at least 4 members (excludes halogenated alkanes) is 4. The van der Waals surface area contributed by atoms with E-state index < -0.39 is 0 Å². The molecule has 0 radical (unpaired) electrons. The zero-order chi connectivity index (χ0) is 10.2. The number of nitrogens with one attached hydrogen (secondary N) is 1. The van der Waals surface area contributed by atoms with E-state index in [0.29, 0.717) is 18.7 Å². The number of hydrogen-bond acceptors (Lipinski definition) is 2. The van der Waals surface area contributed by atoms with E-state index in [0.717, 1.165) is 6.42 Å². The van der Waals surface area contributed by atoms with Crippen molar-refractivity contribution in [2.75, 3.05) is 6.61 Å². The van der Waals surface area contributed by atoms with Crippen molar-refractivity contribution in [2.45, 2.75) is 70.4 Å². The lowest BCUT2D eigenvalue weighted by Gasteiger charge is -2.12. The van der Waals surface area contributed by atoms with Crippen molar-refractivity contribution in [3.05, 3.63) is 0 Å². The second-order valence-corrected chi connectivity index (χ2v) is 4.52. The van der Waals surface area contributed by atoms with Crippen molar-refractivity contribution in [3.63, 3.8) is 0 Å². The van der Waals surface area contributed by atoms with Gasteiger partial charge in [0.1, 0.15) is 0 Å². The van der Waals surface area contributed by atoms with Gasteiger partial charge in [0, 0.05) is 12.1 Å². The molecule has 0 spiro atoms. The average molecular weight is 199 g/mol. The molecule has 0 bridgehead atoms. The van der Waals surface area contributed by atoms with Crippen LogP contribution in [0.2, 0.25) is 0 Å².